The number of hydrogen-bond acceptors (Lipinski definition) is 3. The summed E-state index contributed by atoms with van der Waals surface area (Å²) in [5.41, 5.74) is 2.33. The maximum absolute atomic E-state index is 13.0. The number of urea groups is 1. The van der Waals surface area contributed by atoms with Crippen LogP contribution in [0.25, 0.3) is 0 Å². The molecule has 5 nitrogen and oxygen atoms in total. The summed E-state index contributed by atoms with van der Waals surface area (Å²) >= 11 is 0. The smallest absolute Gasteiger partial charge is 0.319 e. The third-order valence-electron chi connectivity index (χ3n) is 6.33. The molecule has 1 aliphatic heterocycles. The molecule has 1 heterocycles. The second kappa shape index (κ2) is 6.53. The van der Waals surface area contributed by atoms with Crippen LogP contribution in [-0.4, -0.2) is 29.2 Å². The molecule has 26 heavy (non-hydrogen) atoms. The molecule has 0 spiro atoms. The van der Waals surface area contributed by atoms with Gasteiger partial charge in [0.05, 0.1) is 6.54 Å². The number of carbonyl (C=O) groups is 3. The van der Waals surface area contributed by atoms with E-state index in [1.54, 1.807) is 6.92 Å². The van der Waals surface area contributed by atoms with Crippen LogP contribution in [0, 0.1) is 5.92 Å². The van der Waals surface area contributed by atoms with Gasteiger partial charge in [-0.15, -0.1) is 0 Å². The minimum atomic E-state index is -1.08. The minimum absolute atomic E-state index is 0.00352. The molecule has 0 bridgehead atoms. The van der Waals surface area contributed by atoms with E-state index in [0.717, 1.165) is 55.4 Å². The lowest BCUT2D eigenvalue weighted by Crippen LogP contribution is -2.42. The molecule has 2 aliphatic carbocycles. The van der Waals surface area contributed by atoms with Gasteiger partial charge in [-0.05, 0) is 55.7 Å². The van der Waals surface area contributed by atoms with Crippen LogP contribution in [-0.2, 0) is 28.0 Å². The fraction of sp³-hybridized carbons (Fsp3) is 0.571. The number of aryl methyl sites for hydroxylation is 2. The monoisotopic (exact) mass is 354 g/mol. The van der Waals surface area contributed by atoms with Crippen LogP contribution in [0.3, 0.4) is 0 Å². The Morgan fingerprint density at radius 2 is 1.85 bits per heavy atom. The lowest BCUT2D eigenvalue weighted by Gasteiger charge is -2.24. The van der Waals surface area contributed by atoms with Crippen LogP contribution in [0.4, 0.5) is 4.79 Å². The highest BCUT2D eigenvalue weighted by molar-refractivity contribution is 6.09. The maximum atomic E-state index is 13.0. The summed E-state index contributed by atoms with van der Waals surface area (Å²) in [7, 11) is 0. The average Bonchev–Trinajstić information content (AvgIpc) is 3.21. The summed E-state index contributed by atoms with van der Waals surface area (Å²) in [5.74, 6) is -0.299. The van der Waals surface area contributed by atoms with E-state index in [-0.39, 0.29) is 24.2 Å². The number of amides is 3. The van der Waals surface area contributed by atoms with E-state index >= 15 is 0 Å². The van der Waals surface area contributed by atoms with Gasteiger partial charge in [0.25, 0.3) is 5.91 Å². The van der Waals surface area contributed by atoms with Gasteiger partial charge in [0.15, 0.2) is 5.78 Å². The van der Waals surface area contributed by atoms with Crippen molar-refractivity contribution in [2.75, 3.05) is 6.54 Å². The van der Waals surface area contributed by atoms with E-state index < -0.39 is 11.6 Å². The summed E-state index contributed by atoms with van der Waals surface area (Å²) in [4.78, 5) is 39.2. The van der Waals surface area contributed by atoms with Crippen LogP contribution in [0.5, 0.6) is 0 Å². The fourth-order valence-corrected chi connectivity index (χ4v) is 4.63. The van der Waals surface area contributed by atoms with Gasteiger partial charge < -0.3 is 5.32 Å². The van der Waals surface area contributed by atoms with Crippen LogP contribution in [0.1, 0.15) is 62.1 Å². The zero-order valence-electron chi connectivity index (χ0n) is 15.3. The summed E-state index contributed by atoms with van der Waals surface area (Å²) < 4.78 is 0. The Labute approximate surface area is 154 Å². The molecule has 138 valence electrons. The zero-order chi connectivity index (χ0) is 18.3. The van der Waals surface area contributed by atoms with Crippen molar-refractivity contribution in [3.63, 3.8) is 0 Å². The Bertz CT molecular complexity index is 767. The van der Waals surface area contributed by atoms with Crippen molar-refractivity contribution in [2.24, 2.45) is 5.92 Å². The second-order valence-corrected chi connectivity index (χ2v) is 8.08. The van der Waals surface area contributed by atoms with E-state index in [2.05, 4.69) is 11.4 Å². The average molecular weight is 354 g/mol. The first-order valence-corrected chi connectivity index (χ1v) is 9.78. The number of benzene rings is 1. The third-order valence-corrected chi connectivity index (χ3v) is 6.33. The summed E-state index contributed by atoms with van der Waals surface area (Å²) in [6.07, 6.45) is 8.28. The first-order valence-electron chi connectivity index (χ1n) is 9.78. The number of ketones is 1. The Morgan fingerprint density at radius 3 is 2.62 bits per heavy atom. The van der Waals surface area contributed by atoms with E-state index in [9.17, 15) is 14.4 Å². The van der Waals surface area contributed by atoms with Crippen molar-refractivity contribution >= 4 is 17.7 Å². The van der Waals surface area contributed by atoms with Crippen molar-refractivity contribution < 1.29 is 14.4 Å². The molecule has 1 aromatic rings. The summed E-state index contributed by atoms with van der Waals surface area (Å²) in [6, 6.07) is 5.60. The lowest BCUT2D eigenvalue weighted by molar-refractivity contribution is -0.135. The Kier molecular flexibility index (Phi) is 4.33. The predicted molar refractivity (Wildman–Crippen MR) is 97.6 cm³/mol. The molecule has 1 atom stereocenters. The molecule has 1 saturated heterocycles. The second-order valence-electron chi connectivity index (χ2n) is 8.08. The third kappa shape index (κ3) is 2.83. The molecule has 2 fully saturated rings. The van der Waals surface area contributed by atoms with E-state index in [0.29, 0.717) is 0 Å². The topological polar surface area (TPSA) is 66.5 Å². The number of rotatable bonds is 4. The molecule has 1 aromatic carbocycles. The Balaban J connectivity index is 1.53. The molecular weight excluding hydrogens is 328 g/mol. The van der Waals surface area contributed by atoms with E-state index in [1.807, 2.05) is 12.1 Å². The van der Waals surface area contributed by atoms with Gasteiger partial charge in [0.1, 0.15) is 5.54 Å². The maximum Gasteiger partial charge on any atom is 0.325 e. The molecule has 3 aliphatic rings. The van der Waals surface area contributed by atoms with Gasteiger partial charge in [0.2, 0.25) is 0 Å². The number of nitrogens with one attached hydrogen (secondary N) is 1. The van der Waals surface area contributed by atoms with Crippen molar-refractivity contribution in [3.8, 4) is 0 Å². The highest BCUT2D eigenvalue weighted by atomic mass is 16.2. The molecule has 0 aromatic heterocycles. The minimum Gasteiger partial charge on any atom is -0.319 e. The number of carbonyl (C=O) groups excluding carboxylic acids is 3. The van der Waals surface area contributed by atoms with Crippen molar-refractivity contribution in [1.82, 2.24) is 10.2 Å². The molecule has 5 heteroatoms. The van der Waals surface area contributed by atoms with Crippen molar-refractivity contribution in [2.45, 2.75) is 63.8 Å². The molecule has 3 amide bonds. The largest absolute Gasteiger partial charge is 0.325 e. The molecule has 1 unspecified atom stereocenters. The van der Waals surface area contributed by atoms with Gasteiger partial charge >= 0.3 is 6.03 Å². The van der Waals surface area contributed by atoms with Gasteiger partial charge in [0, 0.05) is 5.92 Å². The molecule has 1 N–H and O–H groups in total. The number of Topliss-reactive ketones (excluding diaryl/α,β-unsaturated/α-hetero) is 1. The van der Waals surface area contributed by atoms with Gasteiger partial charge in [-0.25, -0.2) is 4.79 Å². The Morgan fingerprint density at radius 1 is 1.12 bits per heavy atom. The van der Waals surface area contributed by atoms with E-state index in [4.69, 9.17) is 0 Å². The summed E-state index contributed by atoms with van der Waals surface area (Å²) in [5, 5.41) is 2.83. The van der Waals surface area contributed by atoms with Crippen molar-refractivity contribution in [3.05, 3.63) is 34.9 Å². The van der Waals surface area contributed by atoms with Crippen LogP contribution in [0.15, 0.2) is 18.2 Å². The normalized spacial score (nSPS) is 26.1. The number of fused-ring (bicyclic) bond motifs is 1. The number of nitrogens with zero attached hydrogens (tertiary/aromatic N) is 1. The standard InChI is InChI=1S/C21H26N2O3/c1-21(17-11-10-14-8-5-9-16(14)12-17)19(25)23(20(26)22-21)13-18(24)15-6-3-2-4-7-15/h10-12,15H,2-9,13H2,1H3,(H,22,26). The molecule has 4 rings (SSSR count). The highest BCUT2D eigenvalue weighted by Crippen LogP contribution is 2.33. The molecule has 1 saturated carbocycles. The van der Waals surface area contributed by atoms with Gasteiger partial charge in [-0.2, -0.15) is 0 Å². The Hall–Kier alpha value is -2.17. The molecular formula is C21H26N2O3. The predicted octanol–water partition coefficient (Wildman–Crippen LogP) is 3.09. The zero-order valence-corrected chi connectivity index (χ0v) is 15.3. The van der Waals surface area contributed by atoms with Crippen LogP contribution in [0.2, 0.25) is 0 Å². The fourth-order valence-electron chi connectivity index (χ4n) is 4.63. The van der Waals surface area contributed by atoms with Crippen molar-refractivity contribution in [1.29, 1.82) is 0 Å². The molecule has 0 radical (unpaired) electrons. The van der Waals surface area contributed by atoms with E-state index in [1.165, 1.54) is 17.5 Å². The van der Waals surface area contributed by atoms with Crippen LogP contribution < -0.4 is 5.32 Å². The first kappa shape index (κ1) is 17.3. The number of imide groups is 1. The van der Waals surface area contributed by atoms with Crippen LogP contribution >= 0.6 is 0 Å². The number of hydrogen-bond donors (Lipinski definition) is 1. The quantitative estimate of drug-likeness (QED) is 0.845. The SMILES string of the molecule is CC1(c2ccc3c(c2)CCC3)NC(=O)N(CC(=O)C2CCCCC2)C1=O. The van der Waals surface area contributed by atoms with Gasteiger partial charge in [-0.1, -0.05) is 37.5 Å². The summed E-state index contributed by atoms with van der Waals surface area (Å²) in [6.45, 7) is 1.64. The highest BCUT2D eigenvalue weighted by Gasteiger charge is 2.49. The van der Waals surface area contributed by atoms with Gasteiger partial charge in [-0.3, -0.25) is 14.5 Å². The first-order chi connectivity index (χ1) is 12.5. The lowest BCUT2D eigenvalue weighted by atomic mass is 9.86.